The Hall–Kier alpha value is -2.70. The van der Waals surface area contributed by atoms with Gasteiger partial charge in [-0.3, -0.25) is 4.79 Å². The van der Waals surface area contributed by atoms with Crippen molar-refractivity contribution in [2.45, 2.75) is 6.54 Å². The molecule has 7 nitrogen and oxygen atoms in total. The van der Waals surface area contributed by atoms with Gasteiger partial charge in [-0.1, -0.05) is 0 Å². The number of rotatable bonds is 5. The van der Waals surface area contributed by atoms with Crippen molar-refractivity contribution in [2.75, 3.05) is 27.0 Å². The zero-order chi connectivity index (χ0) is 15.4. The lowest BCUT2D eigenvalue weighted by atomic mass is 10.1. The number of carbonyl (C=O) groups is 1. The summed E-state index contributed by atoms with van der Waals surface area (Å²) in [6.45, 7) is 0.352. The number of methoxy groups -OCH3 is 2. The maximum absolute atomic E-state index is 12.5. The molecule has 0 aliphatic rings. The van der Waals surface area contributed by atoms with Gasteiger partial charge < -0.3 is 25.1 Å². The zero-order valence-corrected chi connectivity index (χ0v) is 12.2. The van der Waals surface area contributed by atoms with Crippen LogP contribution in [0.2, 0.25) is 0 Å². The third-order valence-electron chi connectivity index (χ3n) is 3.09. The van der Waals surface area contributed by atoms with E-state index in [-0.39, 0.29) is 11.6 Å². The minimum absolute atomic E-state index is 0.235. The van der Waals surface area contributed by atoms with Gasteiger partial charge in [0, 0.05) is 25.5 Å². The van der Waals surface area contributed by atoms with Crippen molar-refractivity contribution < 1.29 is 14.3 Å². The molecule has 0 aliphatic heterocycles. The molecule has 0 saturated carbocycles. The first-order valence-electron chi connectivity index (χ1n) is 6.32. The van der Waals surface area contributed by atoms with Gasteiger partial charge in [0.05, 0.1) is 32.0 Å². The second-order valence-electron chi connectivity index (χ2n) is 4.49. The molecule has 7 heteroatoms. The van der Waals surface area contributed by atoms with Crippen LogP contribution in [0.15, 0.2) is 24.5 Å². The topological polar surface area (TPSA) is 93.5 Å². The van der Waals surface area contributed by atoms with E-state index in [0.29, 0.717) is 29.4 Å². The highest BCUT2D eigenvalue weighted by Crippen LogP contribution is 2.31. The molecule has 1 amide bonds. The average molecular weight is 290 g/mol. The Kier molecular flexibility index (Phi) is 4.32. The Bertz CT molecular complexity index is 625. The van der Waals surface area contributed by atoms with E-state index in [1.54, 1.807) is 31.6 Å². The van der Waals surface area contributed by atoms with Crippen LogP contribution in [-0.4, -0.2) is 42.0 Å². The minimum Gasteiger partial charge on any atom is -0.497 e. The van der Waals surface area contributed by atoms with Crippen molar-refractivity contribution in [3.05, 3.63) is 35.9 Å². The van der Waals surface area contributed by atoms with Gasteiger partial charge in [-0.25, -0.2) is 4.98 Å². The summed E-state index contributed by atoms with van der Waals surface area (Å²) in [5.41, 5.74) is 6.60. The molecule has 0 saturated heterocycles. The number of imidazole rings is 1. The molecule has 0 aliphatic carbocycles. The number of nitrogens with one attached hydrogen (secondary N) is 1. The first kappa shape index (κ1) is 14.7. The zero-order valence-electron chi connectivity index (χ0n) is 12.2. The molecule has 1 heterocycles. The molecule has 0 spiro atoms. The lowest BCUT2D eigenvalue weighted by Gasteiger charge is -2.18. The lowest BCUT2D eigenvalue weighted by Crippen LogP contribution is -2.27. The molecule has 0 radical (unpaired) electrons. The highest BCUT2D eigenvalue weighted by molar-refractivity contribution is 6.00. The summed E-state index contributed by atoms with van der Waals surface area (Å²) in [5.74, 6) is 1.38. The van der Waals surface area contributed by atoms with Crippen molar-refractivity contribution >= 4 is 11.6 Å². The fourth-order valence-electron chi connectivity index (χ4n) is 1.95. The van der Waals surface area contributed by atoms with Crippen LogP contribution in [-0.2, 0) is 6.54 Å². The first-order valence-corrected chi connectivity index (χ1v) is 6.32. The van der Waals surface area contributed by atoms with E-state index < -0.39 is 0 Å². The molecule has 2 aromatic rings. The molecule has 0 fully saturated rings. The number of anilines is 1. The van der Waals surface area contributed by atoms with Gasteiger partial charge in [0.15, 0.2) is 0 Å². The smallest absolute Gasteiger partial charge is 0.256 e. The van der Waals surface area contributed by atoms with E-state index in [9.17, 15) is 4.79 Å². The summed E-state index contributed by atoms with van der Waals surface area (Å²) in [6.07, 6.45) is 3.34. The first-order chi connectivity index (χ1) is 10.1. The highest BCUT2D eigenvalue weighted by Gasteiger charge is 2.19. The fourth-order valence-corrected chi connectivity index (χ4v) is 1.95. The monoisotopic (exact) mass is 290 g/mol. The molecular formula is C14H18N4O3. The van der Waals surface area contributed by atoms with E-state index in [1.807, 2.05) is 0 Å². The van der Waals surface area contributed by atoms with Gasteiger partial charge in [-0.05, 0) is 6.07 Å². The van der Waals surface area contributed by atoms with Crippen LogP contribution in [0.25, 0.3) is 0 Å². The van der Waals surface area contributed by atoms with Crippen LogP contribution in [0.3, 0.4) is 0 Å². The van der Waals surface area contributed by atoms with Crippen LogP contribution in [0.4, 0.5) is 5.69 Å². The second kappa shape index (κ2) is 6.17. The third kappa shape index (κ3) is 3.07. The lowest BCUT2D eigenvalue weighted by molar-refractivity contribution is 0.0782. The largest absolute Gasteiger partial charge is 0.497 e. The Morgan fingerprint density at radius 1 is 1.38 bits per heavy atom. The van der Waals surface area contributed by atoms with Crippen molar-refractivity contribution in [3.8, 4) is 11.5 Å². The second-order valence-corrected chi connectivity index (χ2v) is 4.49. The van der Waals surface area contributed by atoms with Gasteiger partial charge >= 0.3 is 0 Å². The number of hydrogen-bond acceptors (Lipinski definition) is 5. The quantitative estimate of drug-likeness (QED) is 0.809. The van der Waals surface area contributed by atoms with E-state index in [0.717, 1.165) is 0 Å². The number of aromatic nitrogens is 2. The predicted molar refractivity (Wildman–Crippen MR) is 78.3 cm³/mol. The van der Waals surface area contributed by atoms with Crippen LogP contribution in [0, 0.1) is 0 Å². The van der Waals surface area contributed by atoms with E-state index in [1.165, 1.54) is 19.1 Å². The van der Waals surface area contributed by atoms with Crippen LogP contribution < -0.4 is 15.2 Å². The number of carbonyl (C=O) groups excluding carboxylic acids is 1. The summed E-state index contributed by atoms with van der Waals surface area (Å²) >= 11 is 0. The van der Waals surface area contributed by atoms with Gasteiger partial charge in [-0.15, -0.1) is 0 Å². The van der Waals surface area contributed by atoms with Crippen LogP contribution in [0.5, 0.6) is 11.5 Å². The molecule has 1 aromatic carbocycles. The standard InChI is InChI=1S/C14H18N4O3/c1-18(8-12-16-4-5-17-12)14(19)10-6-9(20-2)7-11(21-3)13(10)15/h4-7H,8,15H2,1-3H3,(H,16,17). The number of aromatic amines is 1. The highest BCUT2D eigenvalue weighted by atomic mass is 16.5. The number of hydrogen-bond donors (Lipinski definition) is 2. The number of nitrogen functional groups attached to an aromatic ring is 1. The summed E-state index contributed by atoms with van der Waals surface area (Å²) in [5, 5.41) is 0. The van der Waals surface area contributed by atoms with Gasteiger partial charge in [-0.2, -0.15) is 0 Å². The van der Waals surface area contributed by atoms with E-state index in [2.05, 4.69) is 9.97 Å². The number of nitrogens with zero attached hydrogens (tertiary/aromatic N) is 2. The Labute approximate surface area is 122 Å². The van der Waals surface area contributed by atoms with Crippen molar-refractivity contribution in [1.82, 2.24) is 14.9 Å². The number of ether oxygens (including phenoxy) is 2. The number of nitrogens with two attached hydrogens (primary N) is 1. The SMILES string of the molecule is COc1cc(OC)c(N)c(C(=O)N(C)Cc2ncc[nH]2)c1. The molecule has 112 valence electrons. The summed E-state index contributed by atoms with van der Waals surface area (Å²) < 4.78 is 10.3. The third-order valence-corrected chi connectivity index (χ3v) is 3.09. The van der Waals surface area contributed by atoms with E-state index in [4.69, 9.17) is 15.2 Å². The van der Waals surface area contributed by atoms with Gasteiger partial charge in [0.25, 0.3) is 5.91 Å². The molecule has 3 N–H and O–H groups in total. The molecule has 1 aromatic heterocycles. The molecule has 0 atom stereocenters. The molecule has 21 heavy (non-hydrogen) atoms. The maximum Gasteiger partial charge on any atom is 0.256 e. The number of amides is 1. The van der Waals surface area contributed by atoms with Crippen LogP contribution >= 0.6 is 0 Å². The summed E-state index contributed by atoms with van der Waals surface area (Å²) in [4.78, 5) is 21.1. The molecule has 0 bridgehead atoms. The van der Waals surface area contributed by atoms with Crippen LogP contribution in [0.1, 0.15) is 16.2 Å². The molecule has 0 unspecified atom stereocenters. The number of H-pyrrole nitrogens is 1. The van der Waals surface area contributed by atoms with Gasteiger partial charge in [0.1, 0.15) is 17.3 Å². The molecular weight excluding hydrogens is 272 g/mol. The van der Waals surface area contributed by atoms with E-state index >= 15 is 0 Å². The molecule has 2 rings (SSSR count). The Morgan fingerprint density at radius 3 is 2.71 bits per heavy atom. The van der Waals surface area contributed by atoms with Crippen molar-refractivity contribution in [1.29, 1.82) is 0 Å². The maximum atomic E-state index is 12.5. The van der Waals surface area contributed by atoms with Crippen molar-refractivity contribution in [3.63, 3.8) is 0 Å². The summed E-state index contributed by atoms with van der Waals surface area (Å²) in [6, 6.07) is 3.23. The Morgan fingerprint density at radius 2 is 2.14 bits per heavy atom. The number of benzene rings is 1. The predicted octanol–water partition coefficient (Wildman–Crippen LogP) is 1.28. The average Bonchev–Trinajstić information content (AvgIpc) is 2.99. The normalized spacial score (nSPS) is 10.2. The summed E-state index contributed by atoms with van der Waals surface area (Å²) in [7, 11) is 4.69. The fraction of sp³-hybridized carbons (Fsp3) is 0.286. The van der Waals surface area contributed by atoms with Gasteiger partial charge in [0.2, 0.25) is 0 Å². The minimum atomic E-state index is -0.235. The Balaban J connectivity index is 2.29. The van der Waals surface area contributed by atoms with Crippen molar-refractivity contribution in [2.24, 2.45) is 0 Å².